The van der Waals surface area contributed by atoms with E-state index in [-0.39, 0.29) is 0 Å². The van der Waals surface area contributed by atoms with Crippen LogP contribution in [-0.4, -0.2) is 27.9 Å². The van der Waals surface area contributed by atoms with Gasteiger partial charge in [-0.2, -0.15) is 0 Å². The molecule has 3 aromatic carbocycles. The quantitative estimate of drug-likeness (QED) is 0.418. The van der Waals surface area contributed by atoms with Crippen molar-refractivity contribution < 1.29 is 24.8 Å². The minimum Gasteiger partial charge on any atom is -0.863 e. The molecular weight excluding hydrogens is 456 g/mol. The van der Waals surface area contributed by atoms with Crippen LogP contribution in [0.15, 0.2) is 66.7 Å². The zero-order valence-corrected chi connectivity index (χ0v) is 19.0. The number of rotatable bonds is 6. The first-order valence-corrected chi connectivity index (χ1v) is 11.0. The lowest BCUT2D eigenvalue weighted by molar-refractivity contribution is -0.833. The molecule has 0 radical (unpaired) electrons. The third-order valence-electron chi connectivity index (χ3n) is 5.97. The van der Waals surface area contributed by atoms with Crippen LogP contribution in [0, 0.1) is 30.3 Å². The second-order valence-corrected chi connectivity index (χ2v) is 8.05. The first kappa shape index (κ1) is 25.2. The van der Waals surface area contributed by atoms with Crippen molar-refractivity contribution in [1.82, 2.24) is 0 Å². The molecule has 182 valence electrons. The number of quaternary nitrogens is 1. The van der Waals surface area contributed by atoms with Crippen LogP contribution in [0.1, 0.15) is 30.4 Å². The van der Waals surface area contributed by atoms with Gasteiger partial charge >= 0.3 is 0 Å². The van der Waals surface area contributed by atoms with Gasteiger partial charge in [0.15, 0.2) is 0 Å². The van der Waals surface area contributed by atoms with Gasteiger partial charge in [-0.05, 0) is 30.9 Å². The molecule has 0 saturated carbocycles. The number of nitro benzene ring substituents is 3. The summed E-state index contributed by atoms with van der Waals surface area (Å²) >= 11 is 0. The van der Waals surface area contributed by atoms with Crippen LogP contribution in [0.25, 0.3) is 0 Å². The van der Waals surface area contributed by atoms with E-state index >= 15 is 0 Å². The molecule has 11 nitrogen and oxygen atoms in total. The van der Waals surface area contributed by atoms with Gasteiger partial charge in [-0.25, -0.2) is 0 Å². The van der Waals surface area contributed by atoms with Crippen molar-refractivity contribution >= 4 is 22.7 Å². The van der Waals surface area contributed by atoms with Crippen molar-refractivity contribution in [3.8, 4) is 5.75 Å². The van der Waals surface area contributed by atoms with Crippen LogP contribution in [0.5, 0.6) is 5.75 Å². The molecule has 11 heteroatoms. The standard InChI is InChI=1S/C18H21N.C6H3N3O7/c1-2-19-13-12-16(14-15-8-4-3-5-9-15)17-10-6-7-11-18(17)19;10-6-4(8(13)14)1-3(7(11)12)2-5(6)9(15)16/h3-11,16H,2,12-14H2,1H3;1-2,10H. The van der Waals surface area contributed by atoms with E-state index in [4.69, 9.17) is 0 Å². The van der Waals surface area contributed by atoms with E-state index in [1.807, 2.05) is 0 Å². The number of hydrogen-bond donors (Lipinski definition) is 1. The average Bonchev–Trinajstić information content (AvgIpc) is 2.85. The van der Waals surface area contributed by atoms with Crippen molar-refractivity contribution in [2.75, 3.05) is 13.1 Å². The predicted octanol–water partition coefficient (Wildman–Crippen LogP) is 3.44. The van der Waals surface area contributed by atoms with Crippen LogP contribution >= 0.6 is 0 Å². The van der Waals surface area contributed by atoms with Crippen LogP contribution in [0.4, 0.5) is 22.7 Å². The molecule has 0 aliphatic carbocycles. The van der Waals surface area contributed by atoms with Crippen LogP contribution < -0.4 is 10.0 Å². The minimum absolute atomic E-state index is 0.384. The highest BCUT2D eigenvalue weighted by Crippen LogP contribution is 2.37. The molecule has 0 saturated heterocycles. The Morgan fingerprint density at radius 3 is 1.97 bits per heavy atom. The molecule has 2 atom stereocenters. The maximum absolute atomic E-state index is 11.1. The van der Waals surface area contributed by atoms with Crippen molar-refractivity contribution in [3.05, 3.63) is 108 Å². The maximum atomic E-state index is 11.1. The van der Waals surface area contributed by atoms with Gasteiger partial charge in [0.25, 0.3) is 17.1 Å². The van der Waals surface area contributed by atoms with Crippen LogP contribution in [-0.2, 0) is 6.42 Å². The van der Waals surface area contributed by atoms with Crippen molar-refractivity contribution in [2.45, 2.75) is 25.7 Å². The predicted molar refractivity (Wildman–Crippen MR) is 126 cm³/mol. The summed E-state index contributed by atoms with van der Waals surface area (Å²) in [6, 6.07) is 20.7. The summed E-state index contributed by atoms with van der Waals surface area (Å²) in [6.45, 7) is 4.74. The lowest BCUT2D eigenvalue weighted by Gasteiger charge is -2.30. The Hall–Kier alpha value is -4.38. The van der Waals surface area contributed by atoms with Crippen molar-refractivity contribution in [2.24, 2.45) is 0 Å². The molecule has 4 rings (SSSR count). The van der Waals surface area contributed by atoms with Gasteiger partial charge < -0.3 is 10.0 Å². The molecule has 1 aliphatic rings. The molecule has 35 heavy (non-hydrogen) atoms. The Morgan fingerprint density at radius 2 is 1.43 bits per heavy atom. The van der Waals surface area contributed by atoms with E-state index < -0.39 is 37.6 Å². The molecule has 0 spiro atoms. The molecule has 0 bridgehead atoms. The monoisotopic (exact) mass is 480 g/mol. The molecule has 2 unspecified atom stereocenters. The first-order valence-electron chi connectivity index (χ1n) is 11.0. The van der Waals surface area contributed by atoms with E-state index in [1.54, 1.807) is 10.5 Å². The molecular formula is C24H24N4O7. The summed E-state index contributed by atoms with van der Waals surface area (Å²) in [5.74, 6) is -0.769. The Kier molecular flexibility index (Phi) is 8.05. The molecule has 1 N–H and O–H groups in total. The first-order chi connectivity index (χ1) is 16.7. The highest BCUT2D eigenvalue weighted by Gasteiger charge is 2.28. The SMILES string of the molecule is CC[NH+]1CCC(Cc2ccccc2)c2ccccc21.O=[N+]([O-])c1cc([N+](=O)[O-])c([O-])c([N+](=O)[O-])c1. The number of nitrogens with one attached hydrogen (secondary N) is 1. The maximum Gasteiger partial charge on any atom is 0.283 e. The summed E-state index contributed by atoms with van der Waals surface area (Å²) < 4.78 is 0. The fourth-order valence-corrected chi connectivity index (χ4v) is 4.25. The van der Waals surface area contributed by atoms with E-state index in [0.717, 1.165) is 0 Å². The molecule has 1 aliphatic heterocycles. The van der Waals surface area contributed by atoms with Gasteiger partial charge in [0, 0.05) is 12.0 Å². The summed E-state index contributed by atoms with van der Waals surface area (Å²) in [5, 5.41) is 42.1. The average molecular weight is 480 g/mol. The molecule has 3 aromatic rings. The number of hydrogen-bond acceptors (Lipinski definition) is 7. The third-order valence-corrected chi connectivity index (χ3v) is 5.97. The van der Waals surface area contributed by atoms with Crippen molar-refractivity contribution in [1.29, 1.82) is 0 Å². The zero-order chi connectivity index (χ0) is 25.5. The fourth-order valence-electron chi connectivity index (χ4n) is 4.25. The van der Waals surface area contributed by atoms with Gasteiger partial charge in [-0.1, -0.05) is 48.5 Å². The number of nitrogens with zero attached hydrogens (tertiary/aromatic N) is 3. The van der Waals surface area contributed by atoms with E-state index in [0.29, 0.717) is 18.1 Å². The highest BCUT2D eigenvalue weighted by molar-refractivity contribution is 5.64. The number of nitro groups is 3. The number of fused-ring (bicyclic) bond motifs is 1. The van der Waals surface area contributed by atoms with E-state index in [1.165, 1.54) is 37.2 Å². The summed E-state index contributed by atoms with van der Waals surface area (Å²) in [6.07, 6.45) is 2.48. The second-order valence-electron chi connectivity index (χ2n) is 8.05. The minimum atomic E-state index is -1.46. The smallest absolute Gasteiger partial charge is 0.283 e. The van der Waals surface area contributed by atoms with Crippen molar-refractivity contribution in [3.63, 3.8) is 0 Å². The van der Waals surface area contributed by atoms with Crippen LogP contribution in [0.2, 0.25) is 0 Å². The Balaban J connectivity index is 0.000000199. The number of benzene rings is 3. The Labute approximate surface area is 200 Å². The largest absolute Gasteiger partial charge is 0.863 e. The van der Waals surface area contributed by atoms with Gasteiger partial charge in [-0.3, -0.25) is 30.3 Å². The normalized spacial score (nSPS) is 16.4. The lowest BCUT2D eigenvalue weighted by atomic mass is 9.85. The van der Waals surface area contributed by atoms with Crippen LogP contribution in [0.3, 0.4) is 0 Å². The topological polar surface area (TPSA) is 157 Å². The molecule has 1 heterocycles. The second kappa shape index (κ2) is 11.2. The number of non-ortho nitro benzene ring substituents is 1. The number of para-hydroxylation sites is 1. The summed E-state index contributed by atoms with van der Waals surface area (Å²) in [7, 11) is 0. The van der Waals surface area contributed by atoms with Gasteiger partial charge in [0.05, 0.1) is 45.7 Å². The summed E-state index contributed by atoms with van der Waals surface area (Å²) in [5.41, 5.74) is 1.29. The summed E-state index contributed by atoms with van der Waals surface area (Å²) in [4.78, 5) is 29.2. The molecule has 0 amide bonds. The third kappa shape index (κ3) is 5.95. The lowest BCUT2D eigenvalue weighted by Crippen LogP contribution is -3.07. The molecule has 0 aromatic heterocycles. The van der Waals surface area contributed by atoms with Gasteiger partial charge in [0.1, 0.15) is 5.69 Å². The fraction of sp³-hybridized carbons (Fsp3) is 0.250. The molecule has 0 fully saturated rings. The Bertz CT molecular complexity index is 1200. The van der Waals surface area contributed by atoms with E-state index in [2.05, 4.69) is 61.5 Å². The Morgan fingerprint density at radius 1 is 0.857 bits per heavy atom. The highest BCUT2D eigenvalue weighted by atomic mass is 16.6. The van der Waals surface area contributed by atoms with Gasteiger partial charge in [-0.15, -0.1) is 0 Å². The van der Waals surface area contributed by atoms with E-state index in [9.17, 15) is 35.4 Å². The zero-order valence-electron chi connectivity index (χ0n) is 19.0. The van der Waals surface area contributed by atoms with Gasteiger partial charge in [0.2, 0.25) is 0 Å².